The summed E-state index contributed by atoms with van der Waals surface area (Å²) in [6, 6.07) is 20.4. The third kappa shape index (κ3) is 4.46. The van der Waals surface area contributed by atoms with Gasteiger partial charge in [-0.3, -0.25) is 4.68 Å². The molecule has 1 aliphatic rings. The van der Waals surface area contributed by atoms with E-state index in [9.17, 15) is 8.42 Å². The first-order valence-electron chi connectivity index (χ1n) is 9.18. The van der Waals surface area contributed by atoms with Gasteiger partial charge >= 0.3 is 0 Å². The number of aromatic nitrogens is 2. The molecule has 27 heavy (non-hydrogen) atoms. The van der Waals surface area contributed by atoms with Gasteiger partial charge in [0.05, 0.1) is 23.7 Å². The van der Waals surface area contributed by atoms with Crippen LogP contribution in [0.4, 0.5) is 0 Å². The Bertz CT molecular complexity index is 998. The van der Waals surface area contributed by atoms with Crippen LogP contribution in [0.5, 0.6) is 0 Å². The average molecular weight is 382 g/mol. The smallest absolute Gasteiger partial charge is 0.151 e. The van der Waals surface area contributed by atoms with E-state index in [1.165, 1.54) is 5.56 Å². The Morgan fingerprint density at radius 1 is 1.04 bits per heavy atom. The van der Waals surface area contributed by atoms with E-state index in [0.29, 0.717) is 19.5 Å². The first kappa shape index (κ1) is 17.9. The van der Waals surface area contributed by atoms with Gasteiger partial charge in [0, 0.05) is 29.9 Å². The topological polar surface area (TPSA) is 64.0 Å². The second kappa shape index (κ2) is 7.66. The maximum absolute atomic E-state index is 11.7. The highest BCUT2D eigenvalue weighted by atomic mass is 32.2. The quantitative estimate of drug-likeness (QED) is 0.713. The molecule has 2 aromatic carbocycles. The van der Waals surface area contributed by atoms with Crippen LogP contribution < -0.4 is 5.32 Å². The molecule has 0 bridgehead atoms. The Labute approximate surface area is 160 Å². The van der Waals surface area contributed by atoms with Crippen LogP contribution in [0, 0.1) is 0 Å². The number of hydrogen-bond donors (Lipinski definition) is 1. The van der Waals surface area contributed by atoms with Crippen molar-refractivity contribution in [3.63, 3.8) is 0 Å². The molecule has 0 radical (unpaired) electrons. The summed E-state index contributed by atoms with van der Waals surface area (Å²) in [6.07, 6.45) is 2.74. The van der Waals surface area contributed by atoms with E-state index >= 15 is 0 Å². The van der Waals surface area contributed by atoms with E-state index < -0.39 is 9.84 Å². The first-order chi connectivity index (χ1) is 13.1. The van der Waals surface area contributed by atoms with Crippen molar-refractivity contribution in [1.82, 2.24) is 15.1 Å². The number of rotatable bonds is 6. The van der Waals surface area contributed by atoms with Gasteiger partial charge in [0.15, 0.2) is 9.84 Å². The number of hydrogen-bond acceptors (Lipinski definition) is 4. The lowest BCUT2D eigenvalue weighted by atomic mass is 10.1. The lowest BCUT2D eigenvalue weighted by Crippen LogP contribution is -2.29. The van der Waals surface area contributed by atoms with E-state index in [1.54, 1.807) is 0 Å². The van der Waals surface area contributed by atoms with Gasteiger partial charge in [0.1, 0.15) is 0 Å². The zero-order valence-corrected chi connectivity index (χ0v) is 15.9. The highest BCUT2D eigenvalue weighted by Crippen LogP contribution is 2.23. The lowest BCUT2D eigenvalue weighted by molar-refractivity contribution is 0.554. The second-order valence-corrected chi connectivity index (χ2v) is 9.26. The minimum atomic E-state index is -2.88. The van der Waals surface area contributed by atoms with Crippen LogP contribution in [0.2, 0.25) is 0 Å². The lowest BCUT2D eigenvalue weighted by Gasteiger charge is -2.10. The predicted octanol–water partition coefficient (Wildman–Crippen LogP) is 2.88. The molecule has 6 heteroatoms. The van der Waals surface area contributed by atoms with Crippen LogP contribution in [-0.2, 0) is 22.9 Å². The maximum atomic E-state index is 11.7. The molecule has 0 aliphatic carbocycles. The van der Waals surface area contributed by atoms with Crippen molar-refractivity contribution >= 4 is 9.84 Å². The van der Waals surface area contributed by atoms with Crippen LogP contribution in [0.1, 0.15) is 17.5 Å². The molecule has 1 saturated heterocycles. The molecule has 2 heterocycles. The van der Waals surface area contributed by atoms with Crippen molar-refractivity contribution in [3.8, 4) is 11.3 Å². The van der Waals surface area contributed by atoms with Crippen molar-refractivity contribution in [2.45, 2.75) is 25.6 Å². The Kier molecular flexibility index (Phi) is 5.09. The van der Waals surface area contributed by atoms with Crippen molar-refractivity contribution in [2.75, 3.05) is 11.5 Å². The third-order valence-corrected chi connectivity index (χ3v) is 6.65. The predicted molar refractivity (Wildman–Crippen MR) is 107 cm³/mol. The molecule has 1 fully saturated rings. The molecule has 5 nitrogen and oxygen atoms in total. The highest BCUT2D eigenvalue weighted by molar-refractivity contribution is 7.91. The van der Waals surface area contributed by atoms with Gasteiger partial charge in [-0.05, 0) is 12.0 Å². The minimum absolute atomic E-state index is 0.0242. The van der Waals surface area contributed by atoms with Gasteiger partial charge in [-0.1, -0.05) is 60.7 Å². The molecule has 0 spiro atoms. The standard InChI is InChI=1S/C21H23N3O2S/c25-27(26)12-11-20(16-27)22-13-19-15-24(14-17-7-3-1-4-8-17)23-21(19)18-9-5-2-6-10-18/h1-10,15,20,22H,11-14,16H2. The van der Waals surface area contributed by atoms with E-state index in [2.05, 4.69) is 35.8 Å². The van der Waals surface area contributed by atoms with E-state index in [1.807, 2.05) is 41.1 Å². The zero-order valence-electron chi connectivity index (χ0n) is 15.1. The Morgan fingerprint density at radius 3 is 2.41 bits per heavy atom. The Balaban J connectivity index is 1.56. The fraction of sp³-hybridized carbons (Fsp3) is 0.286. The van der Waals surface area contributed by atoms with Crippen LogP contribution in [0.15, 0.2) is 66.9 Å². The summed E-state index contributed by atoms with van der Waals surface area (Å²) in [7, 11) is -2.88. The number of benzene rings is 2. The highest BCUT2D eigenvalue weighted by Gasteiger charge is 2.27. The van der Waals surface area contributed by atoms with Crippen molar-refractivity contribution in [3.05, 3.63) is 78.0 Å². The fourth-order valence-electron chi connectivity index (χ4n) is 3.49. The normalized spacial score (nSPS) is 18.6. The molecule has 1 N–H and O–H groups in total. The van der Waals surface area contributed by atoms with Crippen LogP contribution >= 0.6 is 0 Å². The summed E-state index contributed by atoms with van der Waals surface area (Å²) in [5.74, 6) is 0.509. The molecule has 4 rings (SSSR count). The van der Waals surface area contributed by atoms with Gasteiger partial charge in [-0.25, -0.2) is 8.42 Å². The largest absolute Gasteiger partial charge is 0.309 e. The van der Waals surface area contributed by atoms with Gasteiger partial charge in [-0.15, -0.1) is 0 Å². The minimum Gasteiger partial charge on any atom is -0.309 e. The molecular formula is C21H23N3O2S. The van der Waals surface area contributed by atoms with Gasteiger partial charge < -0.3 is 5.32 Å². The van der Waals surface area contributed by atoms with E-state index in [4.69, 9.17) is 5.10 Å². The van der Waals surface area contributed by atoms with Crippen molar-refractivity contribution in [2.24, 2.45) is 0 Å². The molecule has 1 aromatic heterocycles. The average Bonchev–Trinajstić information content (AvgIpc) is 3.24. The summed E-state index contributed by atoms with van der Waals surface area (Å²) >= 11 is 0. The number of nitrogens with zero attached hydrogens (tertiary/aromatic N) is 2. The molecule has 1 unspecified atom stereocenters. The van der Waals surface area contributed by atoms with Crippen LogP contribution in [0.3, 0.4) is 0 Å². The second-order valence-electron chi connectivity index (χ2n) is 7.03. The van der Waals surface area contributed by atoms with Crippen LogP contribution in [0.25, 0.3) is 11.3 Å². The fourth-order valence-corrected chi connectivity index (χ4v) is 5.20. The van der Waals surface area contributed by atoms with Crippen LogP contribution in [-0.4, -0.2) is 35.7 Å². The molecule has 0 amide bonds. The molecular weight excluding hydrogens is 358 g/mol. The third-order valence-electron chi connectivity index (χ3n) is 4.89. The maximum Gasteiger partial charge on any atom is 0.151 e. The van der Waals surface area contributed by atoms with Crippen molar-refractivity contribution in [1.29, 1.82) is 0 Å². The number of sulfone groups is 1. The molecule has 0 saturated carbocycles. The zero-order chi connectivity index (χ0) is 18.7. The van der Waals surface area contributed by atoms with Gasteiger partial charge in [0.25, 0.3) is 0 Å². The summed E-state index contributed by atoms with van der Waals surface area (Å²) < 4.78 is 25.3. The number of nitrogens with one attached hydrogen (secondary N) is 1. The molecule has 1 atom stereocenters. The summed E-state index contributed by atoms with van der Waals surface area (Å²) in [5, 5.41) is 8.22. The van der Waals surface area contributed by atoms with E-state index in [-0.39, 0.29) is 17.5 Å². The molecule has 3 aromatic rings. The SMILES string of the molecule is O=S1(=O)CCC(NCc2cn(Cc3ccccc3)nc2-c2ccccc2)C1. The van der Waals surface area contributed by atoms with E-state index in [0.717, 1.165) is 16.8 Å². The Hall–Kier alpha value is -2.44. The monoisotopic (exact) mass is 381 g/mol. The van der Waals surface area contributed by atoms with Gasteiger partial charge in [-0.2, -0.15) is 5.10 Å². The Morgan fingerprint density at radius 2 is 1.74 bits per heavy atom. The van der Waals surface area contributed by atoms with Gasteiger partial charge in [0.2, 0.25) is 0 Å². The summed E-state index contributed by atoms with van der Waals surface area (Å²) in [5.41, 5.74) is 4.29. The summed E-state index contributed by atoms with van der Waals surface area (Å²) in [6.45, 7) is 1.32. The summed E-state index contributed by atoms with van der Waals surface area (Å²) in [4.78, 5) is 0. The molecule has 1 aliphatic heterocycles. The molecule has 140 valence electrons. The van der Waals surface area contributed by atoms with Crippen molar-refractivity contribution < 1.29 is 8.42 Å². The first-order valence-corrected chi connectivity index (χ1v) is 11.0.